The van der Waals surface area contributed by atoms with Crippen LogP contribution in [0.5, 0.6) is 0 Å². The second-order valence-electron chi connectivity index (χ2n) is 4.23. The molecule has 1 aromatic rings. The first-order chi connectivity index (χ1) is 8.56. The van der Waals surface area contributed by atoms with Crippen molar-refractivity contribution in [3.8, 4) is 0 Å². The zero-order chi connectivity index (χ0) is 13.5. The van der Waals surface area contributed by atoms with Crippen molar-refractivity contribution in [2.45, 2.75) is 25.9 Å². The van der Waals surface area contributed by atoms with Gasteiger partial charge in [-0.05, 0) is 32.4 Å². The molecule has 0 saturated heterocycles. The Morgan fingerprint density at radius 3 is 2.94 bits per heavy atom. The highest BCUT2D eigenvalue weighted by Crippen LogP contribution is 2.11. The molecule has 0 fully saturated rings. The summed E-state index contributed by atoms with van der Waals surface area (Å²) in [6.45, 7) is 2.66. The number of aromatic carboxylic acids is 1. The zero-order valence-corrected chi connectivity index (χ0v) is 11.8. The standard InChI is InChI=1S/C12H19N3O2S/c1-9(4-5-18-3)15(2)7-11-10(12(16)17)6-13-8-14-11/h6,8-9H,4-5,7H2,1-3H3,(H,16,17). The minimum absolute atomic E-state index is 0.182. The number of hydrogen-bond acceptors (Lipinski definition) is 5. The molecule has 6 heteroatoms. The molecule has 0 aromatic carbocycles. The van der Waals surface area contributed by atoms with E-state index >= 15 is 0 Å². The normalized spacial score (nSPS) is 12.7. The number of rotatable bonds is 7. The maximum absolute atomic E-state index is 11.0. The van der Waals surface area contributed by atoms with Gasteiger partial charge in [0.2, 0.25) is 0 Å². The predicted octanol–water partition coefficient (Wildman–Crippen LogP) is 1.75. The van der Waals surface area contributed by atoms with Crippen LogP contribution in [0.15, 0.2) is 12.5 Å². The van der Waals surface area contributed by atoms with Crippen LogP contribution in [0.2, 0.25) is 0 Å². The Kier molecular flexibility index (Phi) is 6.07. The fourth-order valence-corrected chi connectivity index (χ4v) is 2.14. The van der Waals surface area contributed by atoms with Crippen molar-refractivity contribution in [1.29, 1.82) is 0 Å². The monoisotopic (exact) mass is 269 g/mol. The molecule has 0 spiro atoms. The van der Waals surface area contributed by atoms with Crippen molar-refractivity contribution in [3.63, 3.8) is 0 Å². The number of carboxylic acids is 1. The van der Waals surface area contributed by atoms with Crippen LogP contribution in [0, 0.1) is 0 Å². The van der Waals surface area contributed by atoms with E-state index in [1.807, 2.05) is 18.8 Å². The van der Waals surface area contributed by atoms with E-state index in [0.29, 0.717) is 18.3 Å². The number of nitrogens with zero attached hydrogens (tertiary/aromatic N) is 3. The summed E-state index contributed by atoms with van der Waals surface area (Å²) >= 11 is 1.82. The maximum atomic E-state index is 11.0. The van der Waals surface area contributed by atoms with E-state index in [4.69, 9.17) is 5.11 Å². The van der Waals surface area contributed by atoms with Crippen LogP contribution in [0.3, 0.4) is 0 Å². The molecule has 0 bridgehead atoms. The minimum Gasteiger partial charge on any atom is -0.478 e. The molecule has 0 aliphatic rings. The summed E-state index contributed by atoms with van der Waals surface area (Å²) < 4.78 is 0. The molecule has 1 aromatic heterocycles. The van der Waals surface area contributed by atoms with Crippen LogP contribution >= 0.6 is 11.8 Å². The van der Waals surface area contributed by atoms with Gasteiger partial charge in [0, 0.05) is 18.8 Å². The van der Waals surface area contributed by atoms with E-state index in [0.717, 1.165) is 12.2 Å². The molecular formula is C12H19N3O2S. The van der Waals surface area contributed by atoms with Gasteiger partial charge in [-0.3, -0.25) is 4.90 Å². The highest BCUT2D eigenvalue weighted by atomic mass is 32.2. The van der Waals surface area contributed by atoms with Crippen molar-refractivity contribution in [3.05, 3.63) is 23.8 Å². The Balaban J connectivity index is 2.69. The second-order valence-corrected chi connectivity index (χ2v) is 5.22. The van der Waals surface area contributed by atoms with E-state index < -0.39 is 5.97 Å². The first-order valence-corrected chi connectivity index (χ1v) is 7.17. The quantitative estimate of drug-likeness (QED) is 0.813. The predicted molar refractivity (Wildman–Crippen MR) is 72.9 cm³/mol. The third-order valence-electron chi connectivity index (χ3n) is 2.92. The summed E-state index contributed by atoms with van der Waals surface area (Å²) in [7, 11) is 1.98. The largest absolute Gasteiger partial charge is 0.478 e. The number of carboxylic acid groups (broad SMARTS) is 1. The summed E-state index contributed by atoms with van der Waals surface area (Å²) in [5.74, 6) is 0.122. The summed E-state index contributed by atoms with van der Waals surface area (Å²) in [5, 5.41) is 9.06. The van der Waals surface area contributed by atoms with Gasteiger partial charge in [-0.1, -0.05) is 0 Å². The van der Waals surface area contributed by atoms with Gasteiger partial charge in [0.1, 0.15) is 11.9 Å². The molecule has 0 aliphatic heterocycles. The molecule has 0 radical (unpaired) electrons. The molecule has 1 N–H and O–H groups in total. The molecule has 18 heavy (non-hydrogen) atoms. The van der Waals surface area contributed by atoms with Gasteiger partial charge >= 0.3 is 5.97 Å². The van der Waals surface area contributed by atoms with Gasteiger partial charge < -0.3 is 5.11 Å². The van der Waals surface area contributed by atoms with Gasteiger partial charge in [-0.15, -0.1) is 0 Å². The lowest BCUT2D eigenvalue weighted by Crippen LogP contribution is -2.30. The third-order valence-corrected chi connectivity index (χ3v) is 3.56. The highest BCUT2D eigenvalue weighted by molar-refractivity contribution is 7.98. The summed E-state index contributed by atoms with van der Waals surface area (Å²) in [4.78, 5) is 21.0. The molecule has 0 amide bonds. The average Bonchev–Trinajstić information content (AvgIpc) is 2.36. The number of hydrogen-bond donors (Lipinski definition) is 1. The molecule has 100 valence electrons. The Morgan fingerprint density at radius 1 is 1.61 bits per heavy atom. The van der Waals surface area contributed by atoms with E-state index in [1.54, 1.807) is 0 Å². The van der Waals surface area contributed by atoms with Gasteiger partial charge in [0.15, 0.2) is 0 Å². The van der Waals surface area contributed by atoms with Gasteiger partial charge in [0.05, 0.1) is 5.69 Å². The van der Waals surface area contributed by atoms with Crippen LogP contribution in [0.1, 0.15) is 29.4 Å². The fraction of sp³-hybridized carbons (Fsp3) is 0.583. The lowest BCUT2D eigenvalue weighted by atomic mass is 10.2. The maximum Gasteiger partial charge on any atom is 0.339 e. The lowest BCUT2D eigenvalue weighted by Gasteiger charge is -2.24. The van der Waals surface area contributed by atoms with Crippen molar-refractivity contribution in [2.24, 2.45) is 0 Å². The summed E-state index contributed by atoms with van der Waals surface area (Å²) in [6, 6.07) is 0.397. The van der Waals surface area contributed by atoms with Crippen LogP contribution in [0.4, 0.5) is 0 Å². The Labute approximate surface area is 112 Å². The van der Waals surface area contributed by atoms with Crippen LogP contribution < -0.4 is 0 Å². The average molecular weight is 269 g/mol. The fourth-order valence-electron chi connectivity index (χ4n) is 1.56. The van der Waals surface area contributed by atoms with Crippen molar-refractivity contribution in [1.82, 2.24) is 14.9 Å². The molecule has 5 nitrogen and oxygen atoms in total. The van der Waals surface area contributed by atoms with E-state index in [-0.39, 0.29) is 5.56 Å². The third kappa shape index (κ3) is 4.27. The molecular weight excluding hydrogens is 250 g/mol. The van der Waals surface area contributed by atoms with Gasteiger partial charge in [0.25, 0.3) is 0 Å². The Hall–Kier alpha value is -1.14. The molecule has 1 heterocycles. The number of thioether (sulfide) groups is 1. The SMILES string of the molecule is CSCCC(C)N(C)Cc1ncncc1C(=O)O. The van der Waals surface area contributed by atoms with Crippen molar-refractivity contribution >= 4 is 17.7 Å². The van der Waals surface area contributed by atoms with E-state index in [2.05, 4.69) is 28.0 Å². The number of carbonyl (C=O) groups is 1. The van der Waals surface area contributed by atoms with Crippen LogP contribution in [0.25, 0.3) is 0 Å². The van der Waals surface area contributed by atoms with Gasteiger partial charge in [-0.2, -0.15) is 11.8 Å². The molecule has 0 saturated carbocycles. The lowest BCUT2D eigenvalue weighted by molar-refractivity contribution is 0.0693. The highest BCUT2D eigenvalue weighted by Gasteiger charge is 2.15. The van der Waals surface area contributed by atoms with Crippen LogP contribution in [-0.4, -0.2) is 51.0 Å². The Bertz CT molecular complexity index is 401. The topological polar surface area (TPSA) is 66.3 Å². The molecule has 0 aliphatic carbocycles. The smallest absolute Gasteiger partial charge is 0.339 e. The summed E-state index contributed by atoms with van der Waals surface area (Å²) in [5.41, 5.74) is 0.748. The minimum atomic E-state index is -0.976. The van der Waals surface area contributed by atoms with Gasteiger partial charge in [-0.25, -0.2) is 14.8 Å². The molecule has 1 rings (SSSR count). The van der Waals surface area contributed by atoms with E-state index in [9.17, 15) is 4.79 Å². The van der Waals surface area contributed by atoms with Crippen molar-refractivity contribution in [2.75, 3.05) is 19.1 Å². The molecule has 1 unspecified atom stereocenters. The van der Waals surface area contributed by atoms with Crippen LogP contribution in [-0.2, 0) is 6.54 Å². The number of aromatic nitrogens is 2. The van der Waals surface area contributed by atoms with Crippen molar-refractivity contribution < 1.29 is 9.90 Å². The first kappa shape index (κ1) is 14.9. The Morgan fingerprint density at radius 2 is 2.33 bits per heavy atom. The first-order valence-electron chi connectivity index (χ1n) is 5.77. The molecule has 1 atom stereocenters. The second kappa shape index (κ2) is 7.33. The zero-order valence-electron chi connectivity index (χ0n) is 11.0. The summed E-state index contributed by atoms with van der Waals surface area (Å²) in [6.07, 6.45) is 5.90. The van der Waals surface area contributed by atoms with E-state index in [1.165, 1.54) is 12.5 Å².